The fourth-order valence-electron chi connectivity index (χ4n) is 4.46. The van der Waals surface area contributed by atoms with Gasteiger partial charge in [0.2, 0.25) is 5.88 Å². The van der Waals surface area contributed by atoms with Gasteiger partial charge in [0.05, 0.1) is 33.8 Å². The van der Waals surface area contributed by atoms with Gasteiger partial charge in [0.15, 0.2) is 5.78 Å². The third kappa shape index (κ3) is 3.93. The molecule has 0 spiro atoms. The van der Waals surface area contributed by atoms with E-state index < -0.39 is 5.91 Å². The number of fused-ring (bicyclic) bond motifs is 2. The normalized spacial score (nSPS) is 14.6. The van der Waals surface area contributed by atoms with E-state index in [1.165, 1.54) is 5.01 Å². The molecule has 2 aliphatic heterocycles. The van der Waals surface area contributed by atoms with Gasteiger partial charge in [0.1, 0.15) is 12.3 Å². The summed E-state index contributed by atoms with van der Waals surface area (Å²) in [6.45, 7) is 1.76. The van der Waals surface area contributed by atoms with Crippen molar-refractivity contribution in [1.82, 2.24) is 9.78 Å². The highest BCUT2D eigenvalue weighted by Crippen LogP contribution is 2.40. The molecule has 0 saturated heterocycles. The zero-order valence-electron chi connectivity index (χ0n) is 19.5. The van der Waals surface area contributed by atoms with Crippen LogP contribution in [0.3, 0.4) is 0 Å². The quantitative estimate of drug-likeness (QED) is 0.308. The van der Waals surface area contributed by atoms with Gasteiger partial charge >= 0.3 is 0 Å². The maximum Gasteiger partial charge on any atom is 0.281 e. The Bertz CT molecular complexity index is 1620. The Labute approximate surface area is 222 Å². The fraction of sp³-hybridized carbons (Fsp3) is 0.0714. The standard InChI is InChI=1S/C28H18Cl2N4O3/c1-16-23-25(26(35)17-5-3-2-4-6-17)24-22(32-33(27(24)36)20-11-7-18(29)8-12-20)15-37-28(23)34(31-16)21-13-9-19(30)10-14-21/h2-14H,15H2,1H3. The SMILES string of the molecule is Cc1nn(-c2ccc(Cl)cc2)c2c1C(C(=O)c1ccccc1)=C1C(=O)N(c3ccc(Cl)cc3)N=C1CO2. The van der Waals surface area contributed by atoms with Crippen molar-refractivity contribution in [2.45, 2.75) is 6.92 Å². The van der Waals surface area contributed by atoms with Gasteiger partial charge in [0.25, 0.3) is 5.91 Å². The molecule has 1 amide bonds. The summed E-state index contributed by atoms with van der Waals surface area (Å²) in [5.74, 6) is -0.388. The molecule has 0 bridgehead atoms. The van der Waals surface area contributed by atoms with Crippen LogP contribution in [0.4, 0.5) is 5.69 Å². The van der Waals surface area contributed by atoms with Crippen molar-refractivity contribution in [3.8, 4) is 11.6 Å². The average Bonchev–Trinajstić information content (AvgIpc) is 3.34. The van der Waals surface area contributed by atoms with Gasteiger partial charge in [-0.1, -0.05) is 53.5 Å². The van der Waals surface area contributed by atoms with E-state index in [-0.39, 0.29) is 23.5 Å². The molecule has 1 aromatic heterocycles. The van der Waals surface area contributed by atoms with Crippen molar-refractivity contribution in [1.29, 1.82) is 0 Å². The van der Waals surface area contributed by atoms with Crippen molar-refractivity contribution in [2.24, 2.45) is 5.10 Å². The number of halogens is 2. The van der Waals surface area contributed by atoms with E-state index in [2.05, 4.69) is 10.2 Å². The highest BCUT2D eigenvalue weighted by molar-refractivity contribution is 6.45. The summed E-state index contributed by atoms with van der Waals surface area (Å²) in [6.07, 6.45) is 0. The second kappa shape index (κ2) is 9.03. The molecule has 6 rings (SSSR count). The van der Waals surface area contributed by atoms with Crippen molar-refractivity contribution >= 4 is 51.9 Å². The van der Waals surface area contributed by atoms with Gasteiger partial charge in [-0.05, 0) is 55.5 Å². The molecule has 0 atom stereocenters. The minimum atomic E-state index is -0.424. The van der Waals surface area contributed by atoms with E-state index in [4.69, 9.17) is 27.9 Å². The molecule has 7 nitrogen and oxygen atoms in total. The summed E-state index contributed by atoms with van der Waals surface area (Å²) in [6, 6.07) is 22.7. The van der Waals surface area contributed by atoms with Crippen LogP contribution >= 0.6 is 23.2 Å². The number of carbonyl (C=O) groups excluding carboxylic acids is 2. The number of aryl methyl sites for hydroxylation is 1. The van der Waals surface area contributed by atoms with Crippen LogP contribution in [0.15, 0.2) is 89.5 Å². The minimum absolute atomic E-state index is 0.0253. The first-order valence-corrected chi connectivity index (χ1v) is 12.2. The third-order valence-corrected chi connectivity index (χ3v) is 6.69. The summed E-state index contributed by atoms with van der Waals surface area (Å²) >= 11 is 12.1. The van der Waals surface area contributed by atoms with Crippen molar-refractivity contribution in [3.63, 3.8) is 0 Å². The van der Waals surface area contributed by atoms with Gasteiger partial charge in [0, 0.05) is 15.6 Å². The predicted octanol–water partition coefficient (Wildman–Crippen LogP) is 5.92. The van der Waals surface area contributed by atoms with Gasteiger partial charge in [-0.25, -0.2) is 4.68 Å². The van der Waals surface area contributed by atoms with E-state index >= 15 is 0 Å². The molecule has 9 heteroatoms. The van der Waals surface area contributed by atoms with Crippen LogP contribution in [-0.4, -0.2) is 33.8 Å². The number of Topliss-reactive ketones (excluding diaryl/α,β-unsaturated/α-hetero) is 1. The number of nitrogens with zero attached hydrogens (tertiary/aromatic N) is 4. The van der Waals surface area contributed by atoms with Crippen LogP contribution in [0.25, 0.3) is 11.3 Å². The Morgan fingerprint density at radius 2 is 1.51 bits per heavy atom. The zero-order chi connectivity index (χ0) is 25.7. The number of benzene rings is 3. The van der Waals surface area contributed by atoms with Crippen molar-refractivity contribution < 1.29 is 14.3 Å². The molecule has 37 heavy (non-hydrogen) atoms. The summed E-state index contributed by atoms with van der Waals surface area (Å²) in [7, 11) is 0. The van der Waals surface area contributed by atoms with Crippen molar-refractivity contribution in [3.05, 3.63) is 111 Å². The molecule has 182 valence electrons. The van der Waals surface area contributed by atoms with Crippen LogP contribution in [0.5, 0.6) is 5.88 Å². The van der Waals surface area contributed by atoms with Crippen LogP contribution in [0.2, 0.25) is 10.0 Å². The monoisotopic (exact) mass is 528 g/mol. The predicted molar refractivity (Wildman–Crippen MR) is 143 cm³/mol. The summed E-state index contributed by atoms with van der Waals surface area (Å²) in [4.78, 5) is 27.9. The Balaban J connectivity index is 1.58. The molecular formula is C28H18Cl2N4O3. The van der Waals surface area contributed by atoms with E-state index in [9.17, 15) is 9.59 Å². The lowest BCUT2D eigenvalue weighted by Crippen LogP contribution is -2.23. The molecule has 0 aliphatic carbocycles. The first-order valence-electron chi connectivity index (χ1n) is 11.4. The second-order valence-corrected chi connectivity index (χ2v) is 9.40. The maximum absolute atomic E-state index is 14.0. The number of rotatable bonds is 4. The number of allylic oxidation sites excluding steroid dienone is 1. The van der Waals surface area contributed by atoms with E-state index in [1.807, 2.05) is 6.07 Å². The molecular weight excluding hydrogens is 511 g/mol. The zero-order valence-corrected chi connectivity index (χ0v) is 21.0. The molecule has 0 unspecified atom stereocenters. The first kappa shape index (κ1) is 23.2. The smallest absolute Gasteiger partial charge is 0.281 e. The third-order valence-electron chi connectivity index (χ3n) is 6.18. The number of aromatic nitrogens is 2. The number of anilines is 1. The van der Waals surface area contributed by atoms with Gasteiger partial charge in [-0.3, -0.25) is 9.59 Å². The highest BCUT2D eigenvalue weighted by Gasteiger charge is 2.41. The first-order chi connectivity index (χ1) is 17.9. The lowest BCUT2D eigenvalue weighted by Gasteiger charge is -2.14. The van der Waals surface area contributed by atoms with Crippen molar-refractivity contribution in [2.75, 3.05) is 11.6 Å². The molecule has 0 N–H and O–H groups in total. The number of carbonyl (C=O) groups is 2. The number of ketones is 1. The Kier molecular flexibility index (Phi) is 5.67. The number of hydrogen-bond donors (Lipinski definition) is 0. The lowest BCUT2D eigenvalue weighted by molar-refractivity contribution is -0.114. The van der Waals surface area contributed by atoms with Crippen LogP contribution in [-0.2, 0) is 4.79 Å². The van der Waals surface area contributed by atoms with Gasteiger partial charge < -0.3 is 4.74 Å². The lowest BCUT2D eigenvalue weighted by atomic mass is 9.90. The number of hydrazone groups is 1. The van der Waals surface area contributed by atoms with Crippen LogP contribution in [0.1, 0.15) is 21.6 Å². The number of hydrogen-bond acceptors (Lipinski definition) is 5. The Morgan fingerprint density at radius 3 is 2.16 bits per heavy atom. The van der Waals surface area contributed by atoms with Gasteiger partial charge in [-0.15, -0.1) is 0 Å². The molecule has 4 aromatic rings. The maximum atomic E-state index is 14.0. The van der Waals surface area contributed by atoms with E-state index in [0.29, 0.717) is 49.8 Å². The fourth-order valence-corrected chi connectivity index (χ4v) is 4.71. The largest absolute Gasteiger partial charge is 0.471 e. The second-order valence-electron chi connectivity index (χ2n) is 8.53. The highest BCUT2D eigenvalue weighted by atomic mass is 35.5. The molecule has 2 aliphatic rings. The summed E-state index contributed by atoms with van der Waals surface area (Å²) in [5, 5.41) is 11.6. The Hall–Kier alpha value is -4.20. The summed E-state index contributed by atoms with van der Waals surface area (Å²) < 4.78 is 7.82. The molecule has 0 fully saturated rings. The van der Waals surface area contributed by atoms with Crippen LogP contribution in [0, 0.1) is 6.92 Å². The average molecular weight is 529 g/mol. The van der Waals surface area contributed by atoms with Crippen LogP contribution < -0.4 is 9.75 Å². The topological polar surface area (TPSA) is 76.8 Å². The van der Waals surface area contributed by atoms with E-state index in [1.54, 1.807) is 84.4 Å². The number of amides is 1. The minimum Gasteiger partial charge on any atom is -0.471 e. The molecule has 3 heterocycles. The molecule has 3 aromatic carbocycles. The van der Waals surface area contributed by atoms with E-state index in [0.717, 1.165) is 0 Å². The molecule has 0 radical (unpaired) electrons. The molecule has 0 saturated carbocycles. The van der Waals surface area contributed by atoms with Gasteiger partial charge in [-0.2, -0.15) is 15.2 Å². The number of ether oxygens (including phenoxy) is 1. The Morgan fingerprint density at radius 1 is 0.892 bits per heavy atom. The summed E-state index contributed by atoms with van der Waals surface area (Å²) in [5.41, 5.74) is 3.42.